The highest BCUT2D eigenvalue weighted by Crippen LogP contribution is 2.22. The van der Waals surface area contributed by atoms with Crippen molar-refractivity contribution in [1.29, 1.82) is 0 Å². The molecule has 0 unspecified atom stereocenters. The summed E-state index contributed by atoms with van der Waals surface area (Å²) in [7, 11) is 1.73. The summed E-state index contributed by atoms with van der Waals surface area (Å²) < 4.78 is 2.55. The Bertz CT molecular complexity index is 531. The van der Waals surface area contributed by atoms with Crippen molar-refractivity contribution in [3.8, 4) is 11.3 Å². The lowest BCUT2D eigenvalue weighted by Crippen LogP contribution is -1.99. The zero-order valence-electron chi connectivity index (χ0n) is 8.51. The fourth-order valence-electron chi connectivity index (χ4n) is 1.46. The molecule has 1 N–H and O–H groups in total. The Morgan fingerprint density at radius 3 is 2.50 bits per heavy atom. The van der Waals surface area contributed by atoms with Gasteiger partial charge in [0.05, 0.1) is 5.69 Å². The topological polar surface area (TPSA) is 55.1 Å². The molecule has 1 aromatic heterocycles. The Balaban J connectivity index is 2.47. The summed E-state index contributed by atoms with van der Waals surface area (Å²) in [6.07, 6.45) is 0. The van der Waals surface area contributed by atoms with Crippen molar-refractivity contribution in [1.82, 2.24) is 9.78 Å². The number of carboxylic acid groups (broad SMARTS) is 1. The minimum absolute atomic E-state index is 0.0559. The van der Waals surface area contributed by atoms with Crippen molar-refractivity contribution in [2.24, 2.45) is 7.05 Å². The van der Waals surface area contributed by atoms with Gasteiger partial charge in [-0.1, -0.05) is 28.1 Å². The van der Waals surface area contributed by atoms with Gasteiger partial charge in [0.1, 0.15) is 0 Å². The molecule has 0 saturated carbocycles. The molecule has 2 rings (SSSR count). The molecule has 0 bridgehead atoms. The molecular formula is C11H9BrN2O2. The molecule has 2 aromatic rings. The molecule has 5 heteroatoms. The number of hydrogen-bond donors (Lipinski definition) is 1. The molecule has 0 saturated heterocycles. The molecular weight excluding hydrogens is 272 g/mol. The maximum atomic E-state index is 10.8. The second kappa shape index (κ2) is 4.09. The van der Waals surface area contributed by atoms with E-state index in [1.54, 1.807) is 17.8 Å². The molecule has 0 spiro atoms. The average Bonchev–Trinajstić information content (AvgIpc) is 2.62. The minimum atomic E-state index is -1.01. The van der Waals surface area contributed by atoms with Crippen LogP contribution in [0.3, 0.4) is 0 Å². The molecule has 1 aromatic carbocycles. The average molecular weight is 281 g/mol. The number of carboxylic acids is 1. The smallest absolute Gasteiger partial charge is 0.356 e. The van der Waals surface area contributed by atoms with Crippen molar-refractivity contribution < 1.29 is 9.90 Å². The van der Waals surface area contributed by atoms with E-state index in [0.29, 0.717) is 0 Å². The van der Waals surface area contributed by atoms with Crippen LogP contribution in [0.1, 0.15) is 10.5 Å². The number of benzene rings is 1. The van der Waals surface area contributed by atoms with Crippen LogP contribution < -0.4 is 0 Å². The summed E-state index contributed by atoms with van der Waals surface area (Å²) in [5.74, 6) is -1.01. The van der Waals surface area contributed by atoms with Crippen molar-refractivity contribution in [2.75, 3.05) is 0 Å². The molecule has 4 nitrogen and oxygen atoms in total. The van der Waals surface area contributed by atoms with E-state index in [1.165, 1.54) is 0 Å². The SMILES string of the molecule is Cn1nc(C(=O)O)cc1-c1ccc(Br)cc1. The van der Waals surface area contributed by atoms with Crippen LogP contribution in [0.2, 0.25) is 0 Å². The van der Waals surface area contributed by atoms with Gasteiger partial charge in [0, 0.05) is 11.5 Å². The molecule has 0 atom stereocenters. The highest BCUT2D eigenvalue weighted by atomic mass is 79.9. The lowest BCUT2D eigenvalue weighted by atomic mass is 10.1. The van der Waals surface area contributed by atoms with Crippen LogP contribution in [-0.2, 0) is 7.05 Å². The zero-order chi connectivity index (χ0) is 11.7. The maximum absolute atomic E-state index is 10.8. The maximum Gasteiger partial charge on any atom is 0.356 e. The number of aromatic nitrogens is 2. The summed E-state index contributed by atoms with van der Waals surface area (Å²) in [6.45, 7) is 0. The molecule has 1 heterocycles. The number of halogens is 1. The zero-order valence-corrected chi connectivity index (χ0v) is 10.1. The second-order valence-electron chi connectivity index (χ2n) is 3.35. The number of nitrogens with zero attached hydrogens (tertiary/aromatic N) is 2. The van der Waals surface area contributed by atoms with Gasteiger partial charge in [0.2, 0.25) is 0 Å². The van der Waals surface area contributed by atoms with Gasteiger partial charge in [-0.15, -0.1) is 0 Å². The first-order valence-electron chi connectivity index (χ1n) is 4.61. The van der Waals surface area contributed by atoms with E-state index in [0.717, 1.165) is 15.7 Å². The molecule has 16 heavy (non-hydrogen) atoms. The van der Waals surface area contributed by atoms with E-state index in [9.17, 15) is 4.79 Å². The number of hydrogen-bond acceptors (Lipinski definition) is 2. The standard InChI is InChI=1S/C11H9BrN2O2/c1-14-10(6-9(13-14)11(15)16)7-2-4-8(12)5-3-7/h2-6H,1H3,(H,15,16). The van der Waals surface area contributed by atoms with Gasteiger partial charge in [-0.25, -0.2) is 4.79 Å². The van der Waals surface area contributed by atoms with Crippen molar-refractivity contribution in [2.45, 2.75) is 0 Å². The Kier molecular flexibility index (Phi) is 2.78. The Morgan fingerprint density at radius 2 is 2.00 bits per heavy atom. The first-order valence-corrected chi connectivity index (χ1v) is 5.40. The first-order chi connectivity index (χ1) is 7.58. The third-order valence-corrected chi connectivity index (χ3v) is 2.77. The van der Waals surface area contributed by atoms with Gasteiger partial charge >= 0.3 is 5.97 Å². The van der Waals surface area contributed by atoms with Gasteiger partial charge in [-0.05, 0) is 23.8 Å². The number of aryl methyl sites for hydroxylation is 1. The third-order valence-electron chi connectivity index (χ3n) is 2.24. The second-order valence-corrected chi connectivity index (χ2v) is 4.27. The fourth-order valence-corrected chi connectivity index (χ4v) is 1.73. The molecule has 0 aliphatic heterocycles. The van der Waals surface area contributed by atoms with E-state index in [2.05, 4.69) is 21.0 Å². The molecule has 0 radical (unpaired) electrons. The summed E-state index contributed by atoms with van der Waals surface area (Å²) in [5, 5.41) is 12.7. The van der Waals surface area contributed by atoms with Crippen molar-refractivity contribution in [3.05, 3.63) is 40.5 Å². The minimum Gasteiger partial charge on any atom is -0.476 e. The van der Waals surface area contributed by atoms with Gasteiger partial charge in [-0.3, -0.25) is 4.68 Å². The lowest BCUT2D eigenvalue weighted by Gasteiger charge is -2.01. The van der Waals surface area contributed by atoms with E-state index in [-0.39, 0.29) is 5.69 Å². The molecule has 0 aliphatic rings. The molecule has 0 aliphatic carbocycles. The Hall–Kier alpha value is -1.62. The van der Waals surface area contributed by atoms with Gasteiger partial charge < -0.3 is 5.11 Å². The Morgan fingerprint density at radius 1 is 1.38 bits per heavy atom. The Labute approximate surface area is 101 Å². The molecule has 0 fully saturated rings. The largest absolute Gasteiger partial charge is 0.476 e. The monoisotopic (exact) mass is 280 g/mol. The van der Waals surface area contributed by atoms with E-state index >= 15 is 0 Å². The van der Waals surface area contributed by atoms with Crippen LogP contribution in [0, 0.1) is 0 Å². The summed E-state index contributed by atoms with van der Waals surface area (Å²) in [4.78, 5) is 10.8. The molecule has 0 amide bonds. The summed E-state index contributed by atoms with van der Waals surface area (Å²) >= 11 is 3.35. The summed E-state index contributed by atoms with van der Waals surface area (Å²) in [5.41, 5.74) is 1.77. The number of carbonyl (C=O) groups is 1. The highest BCUT2D eigenvalue weighted by Gasteiger charge is 2.12. The van der Waals surface area contributed by atoms with Crippen LogP contribution in [-0.4, -0.2) is 20.9 Å². The number of aromatic carboxylic acids is 1. The highest BCUT2D eigenvalue weighted by molar-refractivity contribution is 9.10. The fraction of sp³-hybridized carbons (Fsp3) is 0.0909. The van der Waals surface area contributed by atoms with Crippen molar-refractivity contribution in [3.63, 3.8) is 0 Å². The van der Waals surface area contributed by atoms with Crippen LogP contribution in [0.15, 0.2) is 34.8 Å². The van der Waals surface area contributed by atoms with Crippen LogP contribution >= 0.6 is 15.9 Å². The van der Waals surface area contributed by atoms with E-state index < -0.39 is 5.97 Å². The van der Waals surface area contributed by atoms with Crippen LogP contribution in [0.25, 0.3) is 11.3 Å². The first kappa shape index (κ1) is 10.9. The van der Waals surface area contributed by atoms with E-state index in [1.807, 2.05) is 24.3 Å². The van der Waals surface area contributed by atoms with Gasteiger partial charge in [0.15, 0.2) is 5.69 Å². The lowest BCUT2D eigenvalue weighted by molar-refractivity contribution is 0.0689. The normalized spacial score (nSPS) is 10.4. The molecule has 82 valence electrons. The number of rotatable bonds is 2. The van der Waals surface area contributed by atoms with E-state index in [4.69, 9.17) is 5.11 Å². The third kappa shape index (κ3) is 1.99. The van der Waals surface area contributed by atoms with Gasteiger partial charge in [0.25, 0.3) is 0 Å². The van der Waals surface area contributed by atoms with Crippen LogP contribution in [0.4, 0.5) is 0 Å². The van der Waals surface area contributed by atoms with Crippen molar-refractivity contribution >= 4 is 21.9 Å². The van der Waals surface area contributed by atoms with Crippen LogP contribution in [0.5, 0.6) is 0 Å². The van der Waals surface area contributed by atoms with Gasteiger partial charge in [-0.2, -0.15) is 5.10 Å². The predicted molar refractivity (Wildman–Crippen MR) is 63.3 cm³/mol. The predicted octanol–water partition coefficient (Wildman–Crippen LogP) is 2.55. The quantitative estimate of drug-likeness (QED) is 0.920. The summed E-state index contributed by atoms with van der Waals surface area (Å²) in [6, 6.07) is 9.19.